The van der Waals surface area contributed by atoms with Gasteiger partial charge in [-0.25, -0.2) is 29.9 Å². The van der Waals surface area contributed by atoms with Gasteiger partial charge in [0, 0.05) is 122 Å². The van der Waals surface area contributed by atoms with Crippen molar-refractivity contribution in [1.82, 2.24) is 60.1 Å². The average Bonchev–Trinajstić information content (AvgIpc) is 1.64. The summed E-state index contributed by atoms with van der Waals surface area (Å²) in [5.74, 6) is 0.880. The highest BCUT2D eigenvalue weighted by molar-refractivity contribution is 7.18. The molecule has 6 aromatic rings. The molecule has 6 amide bonds. The van der Waals surface area contributed by atoms with Gasteiger partial charge >= 0.3 is 0 Å². The van der Waals surface area contributed by atoms with E-state index in [1.165, 1.54) is 36.5 Å². The molecule has 11 heterocycles. The summed E-state index contributed by atoms with van der Waals surface area (Å²) in [4.78, 5) is 116. The molecule has 5 atom stereocenters. The van der Waals surface area contributed by atoms with E-state index in [9.17, 15) is 49.2 Å². The number of pyridine rings is 3. The molecule has 5 aliphatic rings. The number of thiazole rings is 3. The van der Waals surface area contributed by atoms with E-state index in [1.807, 2.05) is 55.7 Å². The van der Waals surface area contributed by atoms with E-state index < -0.39 is 35.2 Å². The maximum absolute atomic E-state index is 13.7. The van der Waals surface area contributed by atoms with Gasteiger partial charge in [-0.05, 0) is 210 Å². The lowest BCUT2D eigenvalue weighted by atomic mass is 10.0. The molecule has 0 spiro atoms. The van der Waals surface area contributed by atoms with Crippen molar-refractivity contribution >= 4 is 86.9 Å². The number of fused-ring (bicyclic) bond motifs is 2. The van der Waals surface area contributed by atoms with Crippen LogP contribution in [0.5, 0.6) is 0 Å². The maximum atomic E-state index is 13.7. The summed E-state index contributed by atoms with van der Waals surface area (Å²) in [5, 5.41) is 55.7. The first-order chi connectivity index (χ1) is 48.2. The van der Waals surface area contributed by atoms with Crippen LogP contribution in [0.1, 0.15) is 239 Å². The number of rotatable bonds is 20. The second-order valence-electron chi connectivity index (χ2n) is 31.6. The molecular weight excluding hydrogens is 1370 g/mol. The zero-order valence-electron chi connectivity index (χ0n) is 63.1. The number of amides is 6. The molecule has 0 unspecified atom stereocenters. The van der Waals surface area contributed by atoms with Crippen LogP contribution in [0.25, 0.3) is 31.3 Å². The van der Waals surface area contributed by atoms with Crippen LogP contribution in [0.3, 0.4) is 0 Å². The lowest BCUT2D eigenvalue weighted by Gasteiger charge is -2.37. The summed E-state index contributed by atoms with van der Waals surface area (Å²) in [6, 6.07) is 6.47. The van der Waals surface area contributed by atoms with E-state index in [4.69, 9.17) is 0 Å². The fraction of sp³-hybridized carbons (Fsp3) is 0.600. The average molecular weight is 1470 g/mol. The molecule has 0 saturated carbocycles. The molecular formula is C75H107N15O10S3. The van der Waals surface area contributed by atoms with Gasteiger partial charge in [-0.15, -0.1) is 34.0 Å². The third kappa shape index (κ3) is 19.3. The maximum Gasteiger partial charge on any atom is 0.282 e. The summed E-state index contributed by atoms with van der Waals surface area (Å²) < 4.78 is 0. The smallest absolute Gasteiger partial charge is 0.282 e. The van der Waals surface area contributed by atoms with Crippen LogP contribution in [0.4, 0.5) is 17.5 Å². The molecule has 5 saturated heterocycles. The molecule has 25 nitrogen and oxygen atoms in total. The number of carbonyl (C=O) groups excluding carboxylic acids is 6. The molecule has 5 aliphatic heterocycles. The van der Waals surface area contributed by atoms with Crippen LogP contribution in [-0.2, 0) is 0 Å². The third-order valence-electron chi connectivity index (χ3n) is 19.6. The zero-order chi connectivity index (χ0) is 75.5. The molecule has 103 heavy (non-hydrogen) atoms. The Kier molecular flexibility index (Phi) is 25.0. The van der Waals surface area contributed by atoms with Crippen molar-refractivity contribution in [2.45, 2.75) is 247 Å². The Morgan fingerprint density at radius 2 is 0.981 bits per heavy atom. The predicted octanol–water partition coefficient (Wildman–Crippen LogP) is 11.0. The van der Waals surface area contributed by atoms with E-state index in [2.05, 4.69) is 119 Å². The topological polar surface area (TPSA) is 334 Å². The number of hydrogen-bond acceptors (Lipinski definition) is 22. The highest BCUT2D eigenvalue weighted by Gasteiger charge is 2.45. The minimum Gasteiger partial charge on any atom is -0.396 e. The number of aliphatic hydroxyl groups excluding tert-OH is 2. The molecule has 11 rings (SSSR count). The number of hydrogen-bond donors (Lipinski definition) is 9. The Labute approximate surface area is 617 Å². The highest BCUT2D eigenvalue weighted by Crippen LogP contribution is 2.43. The second-order valence-corrected chi connectivity index (χ2v) is 34.6. The molecule has 9 N–H and O–H groups in total. The Balaban J connectivity index is 0.000000180. The standard InChI is InChI=1S/C26H37N5O3S.C25H37N5O4S.C24H33N5O3S/c1-7-15(3)28-20-12-14(2)19(13-27-20)22-21(25(33)31-17-8-9-18(31)11-10-17)30-24(35-22)23(32)29-16(4)26(5,6)34;1-14-11-18(29-24(3,4)5)26-12-16(14)20-19(23(33)30-10-8-9-15(30)2)28-22(35-20)21(32)27-13-17(31)25(6,7)34;1-14-9-18(27-24(3,4)5)25-10-17(14)20-19(22(31)29-8-6-7-15(29)2)26-21(33-20)23(32)28-11-16(12-28)13-30/h12-13,15-18,34H,7-11H2,1-6H3,(H,27,28)(H,29,32);11-12,15,17,31,34H,8-10,13H2,1-7H3,(H,26,29)(H,27,32);9-10,15-16,30H,6-8,11-13H2,1-5H3,(H,25,27)/t15-,16+,17?,18?;15-,17+;15-/m100/s1. The van der Waals surface area contributed by atoms with E-state index in [0.29, 0.717) is 63.2 Å². The van der Waals surface area contributed by atoms with Gasteiger partial charge in [0.05, 0.1) is 38.0 Å². The number of aromatic nitrogens is 6. The minimum absolute atomic E-state index is 0.0727. The van der Waals surface area contributed by atoms with Crippen LogP contribution in [0.2, 0.25) is 0 Å². The SMILES string of the molecule is CC[C@@H](C)Nc1cc(C)c(-c2sc(C(=O)N[C@@H](C)C(C)(C)O)nc2C(=O)N2C3CCC2CC3)cn1.Cc1cc(NC(C)(C)C)ncc1-c1sc(C(=O)N2CC(CO)C2)nc1C(=O)N1CCC[C@@H]1C.Cc1cc(NC(C)(C)C)ncc1-c1sc(C(=O)NC[C@@H](O)C(C)(C)O)nc1C(=O)N1CCC[C@@H]1C. The van der Waals surface area contributed by atoms with Crippen molar-refractivity contribution < 1.29 is 49.2 Å². The fourth-order valence-corrected chi connectivity index (χ4v) is 16.2. The van der Waals surface area contributed by atoms with E-state index in [1.54, 1.807) is 49.2 Å². The second kappa shape index (κ2) is 32.4. The minimum atomic E-state index is -1.36. The highest BCUT2D eigenvalue weighted by atomic mass is 32.1. The van der Waals surface area contributed by atoms with Crippen molar-refractivity contribution in [2.75, 3.05) is 55.3 Å². The molecule has 0 aromatic carbocycles. The Morgan fingerprint density at radius 3 is 1.37 bits per heavy atom. The first-order valence-electron chi connectivity index (χ1n) is 36.1. The van der Waals surface area contributed by atoms with Gasteiger partial charge in [-0.2, -0.15) is 0 Å². The number of aliphatic hydroxyl groups is 4. The Bertz CT molecular complexity index is 4040. The monoisotopic (exact) mass is 1470 g/mol. The van der Waals surface area contributed by atoms with Gasteiger partial charge < -0.3 is 66.6 Å². The van der Waals surface area contributed by atoms with E-state index in [-0.39, 0.29) is 93.7 Å². The van der Waals surface area contributed by atoms with Gasteiger partial charge in [0.15, 0.2) is 15.0 Å². The molecule has 5 fully saturated rings. The quantitative estimate of drug-likeness (QED) is 0.0343. The molecule has 28 heteroatoms. The van der Waals surface area contributed by atoms with Gasteiger partial charge in [-0.1, -0.05) is 6.92 Å². The Morgan fingerprint density at radius 1 is 0.573 bits per heavy atom. The fourth-order valence-electron chi connectivity index (χ4n) is 13.0. The molecule has 2 bridgehead atoms. The van der Waals surface area contributed by atoms with Crippen molar-refractivity contribution in [3.05, 3.63) is 85.6 Å². The molecule has 0 aliphatic carbocycles. The summed E-state index contributed by atoms with van der Waals surface area (Å²) in [6.45, 7) is 36.9. The normalized spacial score (nSPS) is 19.2. The lowest BCUT2D eigenvalue weighted by Crippen LogP contribution is -2.51. The molecule has 560 valence electrons. The van der Waals surface area contributed by atoms with E-state index >= 15 is 0 Å². The first-order valence-corrected chi connectivity index (χ1v) is 38.5. The number of aryl methyl sites for hydroxylation is 3. The van der Waals surface area contributed by atoms with Crippen LogP contribution < -0.4 is 26.6 Å². The van der Waals surface area contributed by atoms with Crippen LogP contribution in [-0.4, -0.2) is 209 Å². The largest absolute Gasteiger partial charge is 0.396 e. The van der Waals surface area contributed by atoms with Gasteiger partial charge in [0.2, 0.25) is 0 Å². The summed E-state index contributed by atoms with van der Waals surface area (Å²) in [5.41, 5.74) is 3.37. The van der Waals surface area contributed by atoms with E-state index in [0.717, 1.165) is 120 Å². The molecule has 6 aromatic heterocycles. The lowest BCUT2D eigenvalue weighted by molar-refractivity contribution is -0.0453. The summed E-state index contributed by atoms with van der Waals surface area (Å²) in [7, 11) is 0. The summed E-state index contributed by atoms with van der Waals surface area (Å²) >= 11 is 3.59. The predicted molar refractivity (Wildman–Crippen MR) is 406 cm³/mol. The van der Waals surface area contributed by atoms with Crippen LogP contribution in [0.15, 0.2) is 36.8 Å². The van der Waals surface area contributed by atoms with Crippen molar-refractivity contribution in [1.29, 1.82) is 0 Å². The number of likely N-dealkylation sites (tertiary alicyclic amines) is 3. The number of carbonyl (C=O) groups is 6. The first kappa shape index (κ1) is 79.5. The van der Waals surface area contributed by atoms with Crippen molar-refractivity contribution in [3.63, 3.8) is 0 Å². The van der Waals surface area contributed by atoms with Crippen LogP contribution in [0, 0.1) is 26.7 Å². The van der Waals surface area contributed by atoms with Gasteiger partial charge in [0.25, 0.3) is 35.4 Å². The number of nitrogens with one attached hydrogen (secondary N) is 5. The number of anilines is 3. The van der Waals surface area contributed by atoms with Crippen molar-refractivity contribution in [2.24, 2.45) is 5.92 Å². The zero-order valence-corrected chi connectivity index (χ0v) is 65.6. The van der Waals surface area contributed by atoms with Gasteiger partial charge in [-0.3, -0.25) is 28.8 Å². The Hall–Kier alpha value is -7.60. The van der Waals surface area contributed by atoms with Crippen molar-refractivity contribution in [3.8, 4) is 31.3 Å². The van der Waals surface area contributed by atoms with Crippen LogP contribution >= 0.6 is 34.0 Å². The molecule has 0 radical (unpaired) electrons. The summed E-state index contributed by atoms with van der Waals surface area (Å²) in [6.07, 6.45) is 13.0. The third-order valence-corrected chi connectivity index (χ3v) is 22.9. The number of nitrogens with zero attached hydrogens (tertiary/aromatic N) is 10. The van der Waals surface area contributed by atoms with Gasteiger partial charge in [0.1, 0.15) is 34.5 Å².